The van der Waals surface area contributed by atoms with Crippen LogP contribution >= 0.6 is 0 Å². The van der Waals surface area contributed by atoms with Gasteiger partial charge in [-0.05, 0) is 42.9 Å². The van der Waals surface area contributed by atoms with Gasteiger partial charge in [0.15, 0.2) is 0 Å². The van der Waals surface area contributed by atoms with Crippen molar-refractivity contribution in [3.05, 3.63) is 24.5 Å². The third-order valence-electron chi connectivity index (χ3n) is 4.14. The molecule has 3 rings (SSSR count). The number of imidazole rings is 1. The highest BCUT2D eigenvalue weighted by atomic mass is 15.0. The highest BCUT2D eigenvalue weighted by Gasteiger charge is 2.19. The summed E-state index contributed by atoms with van der Waals surface area (Å²) >= 11 is 0. The van der Waals surface area contributed by atoms with Crippen LogP contribution in [0.1, 0.15) is 32.6 Å². The van der Waals surface area contributed by atoms with Crippen molar-refractivity contribution >= 4 is 16.7 Å². The zero-order valence-electron chi connectivity index (χ0n) is 11.0. The molecule has 0 amide bonds. The first-order valence-electron chi connectivity index (χ1n) is 6.93. The molecule has 0 spiro atoms. The van der Waals surface area contributed by atoms with Gasteiger partial charge in [-0.3, -0.25) is 0 Å². The van der Waals surface area contributed by atoms with E-state index in [4.69, 9.17) is 5.73 Å². The first-order valence-corrected chi connectivity index (χ1v) is 6.93. The topological polar surface area (TPSA) is 43.8 Å². The predicted octanol–water partition coefficient (Wildman–Crippen LogP) is 3.44. The van der Waals surface area contributed by atoms with Gasteiger partial charge < -0.3 is 10.3 Å². The molecule has 1 aromatic heterocycles. The number of hydrogen-bond acceptors (Lipinski definition) is 2. The smallest absolute Gasteiger partial charge is 0.0958 e. The lowest BCUT2D eigenvalue weighted by Gasteiger charge is -2.27. The van der Waals surface area contributed by atoms with E-state index in [-0.39, 0.29) is 0 Å². The number of nitrogens with zero attached hydrogens (tertiary/aromatic N) is 2. The van der Waals surface area contributed by atoms with Crippen LogP contribution in [0.5, 0.6) is 0 Å². The molecular formula is C15H21N3. The Bertz CT molecular complexity index is 544. The molecule has 1 aliphatic rings. The van der Waals surface area contributed by atoms with E-state index in [1.165, 1.54) is 31.2 Å². The Hall–Kier alpha value is -1.51. The summed E-state index contributed by atoms with van der Waals surface area (Å²) < 4.78 is 2.29. The molecule has 0 saturated heterocycles. The van der Waals surface area contributed by atoms with Crippen molar-refractivity contribution in [1.82, 2.24) is 9.55 Å². The summed E-state index contributed by atoms with van der Waals surface area (Å²) in [5.74, 6) is 1.69. The molecule has 2 N–H and O–H groups in total. The van der Waals surface area contributed by atoms with Crippen LogP contribution in [-0.4, -0.2) is 9.55 Å². The van der Waals surface area contributed by atoms with Gasteiger partial charge in [-0.15, -0.1) is 0 Å². The van der Waals surface area contributed by atoms with Gasteiger partial charge in [0.25, 0.3) is 0 Å². The maximum Gasteiger partial charge on any atom is 0.0958 e. The fourth-order valence-corrected chi connectivity index (χ4v) is 3.23. The number of nitrogen functional groups attached to an aromatic ring is 1. The van der Waals surface area contributed by atoms with Crippen molar-refractivity contribution in [1.29, 1.82) is 0 Å². The molecule has 1 saturated carbocycles. The monoisotopic (exact) mass is 243 g/mol. The van der Waals surface area contributed by atoms with Gasteiger partial charge in [0.1, 0.15) is 0 Å². The van der Waals surface area contributed by atoms with E-state index in [2.05, 4.69) is 22.5 Å². The molecule has 1 aromatic carbocycles. The quantitative estimate of drug-likeness (QED) is 0.821. The average molecular weight is 243 g/mol. The lowest BCUT2D eigenvalue weighted by Crippen LogP contribution is -2.18. The third kappa shape index (κ3) is 2.22. The number of hydrogen-bond donors (Lipinski definition) is 1. The highest BCUT2D eigenvalue weighted by molar-refractivity contribution is 5.78. The molecule has 1 heterocycles. The summed E-state index contributed by atoms with van der Waals surface area (Å²) in [5, 5.41) is 0. The Morgan fingerprint density at radius 3 is 3.11 bits per heavy atom. The fraction of sp³-hybridized carbons (Fsp3) is 0.533. The molecule has 3 nitrogen and oxygen atoms in total. The normalized spacial score (nSPS) is 24.5. The van der Waals surface area contributed by atoms with Crippen LogP contribution in [-0.2, 0) is 6.54 Å². The Labute approximate surface area is 108 Å². The van der Waals surface area contributed by atoms with E-state index < -0.39 is 0 Å². The maximum absolute atomic E-state index is 5.79. The number of rotatable bonds is 2. The summed E-state index contributed by atoms with van der Waals surface area (Å²) in [5.41, 5.74) is 8.80. The van der Waals surface area contributed by atoms with Gasteiger partial charge in [-0.2, -0.15) is 0 Å². The van der Waals surface area contributed by atoms with E-state index in [9.17, 15) is 0 Å². The molecule has 2 atom stereocenters. The van der Waals surface area contributed by atoms with E-state index in [1.807, 2.05) is 18.5 Å². The predicted molar refractivity (Wildman–Crippen MR) is 75.3 cm³/mol. The number of fused-ring (bicyclic) bond motifs is 1. The lowest BCUT2D eigenvalue weighted by atomic mass is 9.82. The van der Waals surface area contributed by atoms with Crippen molar-refractivity contribution in [3.63, 3.8) is 0 Å². The van der Waals surface area contributed by atoms with Gasteiger partial charge in [-0.1, -0.05) is 19.8 Å². The van der Waals surface area contributed by atoms with Gasteiger partial charge in [-0.25, -0.2) is 4.98 Å². The second-order valence-electron chi connectivity index (χ2n) is 5.78. The lowest BCUT2D eigenvalue weighted by molar-refractivity contribution is 0.258. The van der Waals surface area contributed by atoms with Crippen molar-refractivity contribution in [3.8, 4) is 0 Å². The third-order valence-corrected chi connectivity index (χ3v) is 4.14. The highest BCUT2D eigenvalue weighted by Crippen LogP contribution is 2.30. The first-order chi connectivity index (χ1) is 8.72. The molecular weight excluding hydrogens is 222 g/mol. The molecule has 2 unspecified atom stereocenters. The van der Waals surface area contributed by atoms with Crippen molar-refractivity contribution < 1.29 is 0 Å². The van der Waals surface area contributed by atoms with E-state index in [0.29, 0.717) is 0 Å². The second kappa shape index (κ2) is 4.63. The first kappa shape index (κ1) is 11.6. The van der Waals surface area contributed by atoms with Crippen LogP contribution < -0.4 is 5.73 Å². The van der Waals surface area contributed by atoms with Crippen LogP contribution in [0.25, 0.3) is 11.0 Å². The average Bonchev–Trinajstić information content (AvgIpc) is 2.72. The number of benzene rings is 1. The zero-order chi connectivity index (χ0) is 12.5. The molecule has 18 heavy (non-hydrogen) atoms. The molecule has 0 bridgehead atoms. The van der Waals surface area contributed by atoms with Crippen LogP contribution in [0.15, 0.2) is 24.5 Å². The van der Waals surface area contributed by atoms with E-state index >= 15 is 0 Å². The van der Waals surface area contributed by atoms with Gasteiger partial charge in [0, 0.05) is 12.2 Å². The van der Waals surface area contributed by atoms with E-state index in [1.54, 1.807) is 0 Å². The van der Waals surface area contributed by atoms with Crippen molar-refractivity contribution in [2.24, 2.45) is 11.8 Å². The van der Waals surface area contributed by atoms with E-state index in [0.717, 1.165) is 29.6 Å². The summed E-state index contributed by atoms with van der Waals surface area (Å²) in [6.45, 7) is 3.48. The van der Waals surface area contributed by atoms with Gasteiger partial charge in [0.05, 0.1) is 17.4 Å². The summed E-state index contributed by atoms with van der Waals surface area (Å²) in [7, 11) is 0. The minimum Gasteiger partial charge on any atom is -0.399 e. The minimum absolute atomic E-state index is 0.791. The Morgan fingerprint density at radius 2 is 2.28 bits per heavy atom. The SMILES string of the molecule is CC1CCCC(Cn2cnc3cc(N)ccc32)C1. The molecule has 0 radical (unpaired) electrons. The molecule has 96 valence electrons. The summed E-state index contributed by atoms with van der Waals surface area (Å²) in [4.78, 5) is 4.45. The summed E-state index contributed by atoms with van der Waals surface area (Å²) in [6, 6.07) is 6.00. The largest absolute Gasteiger partial charge is 0.399 e. The Morgan fingerprint density at radius 1 is 1.39 bits per heavy atom. The number of aromatic nitrogens is 2. The van der Waals surface area contributed by atoms with Crippen LogP contribution in [0.4, 0.5) is 5.69 Å². The number of anilines is 1. The standard InChI is InChI=1S/C15H21N3/c1-11-3-2-4-12(7-11)9-18-10-17-14-8-13(16)5-6-15(14)18/h5-6,8,10-12H,2-4,7,9,16H2,1H3. The summed E-state index contributed by atoms with van der Waals surface area (Å²) in [6.07, 6.45) is 7.46. The van der Waals surface area contributed by atoms with Crippen molar-refractivity contribution in [2.75, 3.05) is 5.73 Å². The van der Waals surface area contributed by atoms with Crippen LogP contribution in [0, 0.1) is 11.8 Å². The molecule has 2 aromatic rings. The Kier molecular flexibility index (Phi) is 2.98. The molecule has 1 aliphatic carbocycles. The van der Waals surface area contributed by atoms with Gasteiger partial charge in [0.2, 0.25) is 0 Å². The second-order valence-corrected chi connectivity index (χ2v) is 5.78. The zero-order valence-corrected chi connectivity index (χ0v) is 11.0. The van der Waals surface area contributed by atoms with Crippen LogP contribution in [0.2, 0.25) is 0 Å². The molecule has 0 aliphatic heterocycles. The Balaban J connectivity index is 1.82. The number of nitrogens with two attached hydrogens (primary N) is 1. The minimum atomic E-state index is 0.791. The van der Waals surface area contributed by atoms with Gasteiger partial charge >= 0.3 is 0 Å². The fourth-order valence-electron chi connectivity index (χ4n) is 3.23. The maximum atomic E-state index is 5.79. The van der Waals surface area contributed by atoms with Crippen molar-refractivity contribution in [2.45, 2.75) is 39.2 Å². The van der Waals surface area contributed by atoms with Crippen LogP contribution in [0.3, 0.4) is 0 Å². The molecule has 3 heteroatoms. The molecule has 1 fully saturated rings.